The van der Waals surface area contributed by atoms with Gasteiger partial charge in [-0.15, -0.1) is 10.2 Å². The lowest BCUT2D eigenvalue weighted by Gasteiger charge is -2.09. The van der Waals surface area contributed by atoms with Crippen LogP contribution in [0, 0.1) is 6.92 Å². The second kappa shape index (κ2) is 6.51. The van der Waals surface area contributed by atoms with Crippen LogP contribution in [0.2, 0.25) is 0 Å². The van der Waals surface area contributed by atoms with Gasteiger partial charge >= 0.3 is 0 Å². The number of fused-ring (bicyclic) bond motifs is 1. The number of methoxy groups -OCH3 is 2. The van der Waals surface area contributed by atoms with E-state index in [1.54, 1.807) is 18.7 Å². The number of ketones is 1. The highest BCUT2D eigenvalue weighted by atomic mass is 16.5. The van der Waals surface area contributed by atoms with E-state index in [0.717, 1.165) is 23.2 Å². The van der Waals surface area contributed by atoms with Crippen LogP contribution in [-0.4, -0.2) is 39.8 Å². The van der Waals surface area contributed by atoms with Crippen LogP contribution >= 0.6 is 0 Å². The van der Waals surface area contributed by atoms with Crippen LogP contribution < -0.4 is 9.47 Å². The summed E-state index contributed by atoms with van der Waals surface area (Å²) in [6.45, 7) is 5.33. The molecule has 7 heteroatoms. The van der Waals surface area contributed by atoms with Gasteiger partial charge in [0.1, 0.15) is 5.69 Å². The Kier molecular flexibility index (Phi) is 4.39. The average molecular weight is 340 g/mol. The van der Waals surface area contributed by atoms with E-state index in [4.69, 9.17) is 9.47 Å². The lowest BCUT2D eigenvalue weighted by atomic mass is 10.0. The van der Waals surface area contributed by atoms with Gasteiger partial charge in [-0.25, -0.2) is 4.52 Å². The van der Waals surface area contributed by atoms with Gasteiger partial charge in [-0.2, -0.15) is 5.10 Å². The molecule has 0 aliphatic carbocycles. The van der Waals surface area contributed by atoms with Crippen molar-refractivity contribution in [3.63, 3.8) is 0 Å². The van der Waals surface area contributed by atoms with E-state index in [-0.39, 0.29) is 5.78 Å². The molecule has 3 aromatic rings. The van der Waals surface area contributed by atoms with Gasteiger partial charge in [0.2, 0.25) is 0 Å². The maximum Gasteiger partial charge on any atom is 0.185 e. The summed E-state index contributed by atoms with van der Waals surface area (Å²) in [6.07, 6.45) is 0.724. The zero-order chi connectivity index (χ0) is 18.1. The van der Waals surface area contributed by atoms with Gasteiger partial charge in [-0.1, -0.05) is 13.0 Å². The van der Waals surface area contributed by atoms with Crippen molar-refractivity contribution in [3.05, 3.63) is 35.3 Å². The SMILES string of the molecule is CCc1nn2c(C)c(C(C)=O)nnc2c1-c1ccc(OC)c(OC)c1. The number of aryl methyl sites for hydroxylation is 2. The molecular weight excluding hydrogens is 320 g/mol. The molecule has 1 aromatic carbocycles. The van der Waals surface area contributed by atoms with Crippen molar-refractivity contribution in [2.75, 3.05) is 14.2 Å². The molecule has 0 fully saturated rings. The third kappa shape index (κ3) is 2.71. The number of ether oxygens (including phenoxy) is 2. The average Bonchev–Trinajstić information content (AvgIpc) is 3.00. The van der Waals surface area contributed by atoms with Crippen LogP contribution in [0.4, 0.5) is 0 Å². The lowest BCUT2D eigenvalue weighted by Crippen LogP contribution is -2.09. The van der Waals surface area contributed by atoms with Crippen LogP contribution in [0.1, 0.15) is 35.7 Å². The minimum absolute atomic E-state index is 0.131. The summed E-state index contributed by atoms with van der Waals surface area (Å²) in [6, 6.07) is 5.68. The molecule has 0 N–H and O–H groups in total. The molecule has 0 aliphatic rings. The van der Waals surface area contributed by atoms with Crippen molar-refractivity contribution >= 4 is 11.4 Å². The van der Waals surface area contributed by atoms with Gasteiger partial charge in [0.15, 0.2) is 22.9 Å². The molecule has 7 nitrogen and oxygen atoms in total. The second-order valence-electron chi connectivity index (χ2n) is 5.67. The summed E-state index contributed by atoms with van der Waals surface area (Å²) in [5, 5.41) is 13.0. The molecule has 0 amide bonds. The molecule has 130 valence electrons. The third-order valence-corrected chi connectivity index (χ3v) is 4.18. The van der Waals surface area contributed by atoms with Gasteiger partial charge < -0.3 is 9.47 Å². The predicted octanol–water partition coefficient (Wildman–Crippen LogP) is 2.88. The number of aromatic nitrogens is 4. The van der Waals surface area contributed by atoms with Crippen LogP contribution in [-0.2, 0) is 6.42 Å². The fourth-order valence-corrected chi connectivity index (χ4v) is 2.91. The van der Waals surface area contributed by atoms with Crippen LogP contribution in [0.15, 0.2) is 18.2 Å². The second-order valence-corrected chi connectivity index (χ2v) is 5.67. The maximum absolute atomic E-state index is 11.7. The minimum atomic E-state index is -0.131. The Balaban J connectivity index is 2.29. The summed E-state index contributed by atoms with van der Waals surface area (Å²) < 4.78 is 12.4. The Morgan fingerprint density at radius 1 is 1.16 bits per heavy atom. The Labute approximate surface area is 145 Å². The largest absolute Gasteiger partial charge is 0.493 e. The molecule has 3 rings (SSSR count). The number of hydrogen-bond donors (Lipinski definition) is 0. The molecule has 0 aliphatic heterocycles. The van der Waals surface area contributed by atoms with E-state index >= 15 is 0 Å². The first kappa shape index (κ1) is 16.9. The number of carbonyl (C=O) groups excluding carboxylic acids is 1. The zero-order valence-corrected chi connectivity index (χ0v) is 15.0. The van der Waals surface area contributed by atoms with Crippen molar-refractivity contribution < 1.29 is 14.3 Å². The summed E-state index contributed by atoms with van der Waals surface area (Å²) >= 11 is 0. The number of Topliss-reactive ketones (excluding diaryl/α,β-unsaturated/α-hetero) is 1. The highest BCUT2D eigenvalue weighted by Gasteiger charge is 2.20. The molecular formula is C18H20N4O3. The monoisotopic (exact) mass is 340 g/mol. The molecule has 0 spiro atoms. The predicted molar refractivity (Wildman–Crippen MR) is 93.4 cm³/mol. The van der Waals surface area contributed by atoms with Crippen molar-refractivity contribution in [2.45, 2.75) is 27.2 Å². The maximum atomic E-state index is 11.7. The summed E-state index contributed by atoms with van der Waals surface area (Å²) in [5.41, 5.74) is 4.30. The molecule has 0 radical (unpaired) electrons. The van der Waals surface area contributed by atoms with Crippen molar-refractivity contribution in [3.8, 4) is 22.6 Å². The number of benzene rings is 1. The standard InChI is InChI=1S/C18H20N4O3/c1-6-13-16(12-7-8-14(24-4)15(9-12)25-5)18-20-19-17(11(3)23)10(2)22(18)21-13/h7-9H,6H2,1-5H3. The van der Waals surface area contributed by atoms with Crippen LogP contribution in [0.25, 0.3) is 16.8 Å². The normalized spacial score (nSPS) is 10.9. The highest BCUT2D eigenvalue weighted by Crippen LogP contribution is 2.35. The molecule has 0 saturated carbocycles. The molecule has 0 atom stereocenters. The van der Waals surface area contributed by atoms with Crippen LogP contribution in [0.3, 0.4) is 0 Å². The fourth-order valence-electron chi connectivity index (χ4n) is 2.91. The molecule has 2 heterocycles. The number of carbonyl (C=O) groups is 1. The van der Waals surface area contributed by atoms with Gasteiger partial charge in [0, 0.05) is 6.92 Å². The Morgan fingerprint density at radius 3 is 2.48 bits per heavy atom. The molecule has 0 saturated heterocycles. The summed E-state index contributed by atoms with van der Waals surface area (Å²) in [7, 11) is 3.20. The molecule has 0 bridgehead atoms. The third-order valence-electron chi connectivity index (χ3n) is 4.18. The Morgan fingerprint density at radius 2 is 1.88 bits per heavy atom. The number of hydrogen-bond acceptors (Lipinski definition) is 6. The van der Waals surface area contributed by atoms with Gasteiger partial charge in [0.25, 0.3) is 0 Å². The quantitative estimate of drug-likeness (QED) is 0.665. The molecule has 2 aromatic heterocycles. The van der Waals surface area contributed by atoms with E-state index in [9.17, 15) is 4.79 Å². The Hall–Kier alpha value is -2.96. The summed E-state index contributed by atoms with van der Waals surface area (Å²) in [5.74, 6) is 1.15. The van der Waals surface area contributed by atoms with E-state index < -0.39 is 0 Å². The van der Waals surface area contributed by atoms with Crippen molar-refractivity contribution in [2.24, 2.45) is 0 Å². The summed E-state index contributed by atoms with van der Waals surface area (Å²) in [4.78, 5) is 11.7. The van der Waals surface area contributed by atoms with Crippen molar-refractivity contribution in [1.29, 1.82) is 0 Å². The van der Waals surface area contributed by atoms with Crippen LogP contribution in [0.5, 0.6) is 11.5 Å². The molecule has 25 heavy (non-hydrogen) atoms. The van der Waals surface area contributed by atoms with E-state index in [2.05, 4.69) is 15.3 Å². The lowest BCUT2D eigenvalue weighted by molar-refractivity contribution is 0.101. The minimum Gasteiger partial charge on any atom is -0.493 e. The van der Waals surface area contributed by atoms with Gasteiger partial charge in [-0.3, -0.25) is 4.79 Å². The first-order chi connectivity index (χ1) is 12.0. The van der Waals surface area contributed by atoms with Gasteiger partial charge in [-0.05, 0) is 31.0 Å². The van der Waals surface area contributed by atoms with Gasteiger partial charge in [0.05, 0.1) is 31.2 Å². The molecule has 0 unspecified atom stereocenters. The van der Waals surface area contributed by atoms with Crippen molar-refractivity contribution in [1.82, 2.24) is 19.8 Å². The number of rotatable bonds is 5. The van der Waals surface area contributed by atoms with E-state index in [0.29, 0.717) is 28.5 Å². The topological polar surface area (TPSA) is 78.6 Å². The fraction of sp³-hybridized carbons (Fsp3) is 0.333. The van der Waals surface area contributed by atoms with E-state index in [1.165, 1.54) is 6.92 Å². The first-order valence-electron chi connectivity index (χ1n) is 8.00. The van der Waals surface area contributed by atoms with E-state index in [1.807, 2.05) is 32.0 Å². The smallest absolute Gasteiger partial charge is 0.185 e. The highest BCUT2D eigenvalue weighted by molar-refractivity contribution is 5.93. The first-order valence-corrected chi connectivity index (χ1v) is 8.00. The Bertz CT molecular complexity index is 963. The number of nitrogens with zero attached hydrogens (tertiary/aromatic N) is 4. The zero-order valence-electron chi connectivity index (χ0n) is 15.0.